The van der Waals surface area contributed by atoms with Gasteiger partial charge in [0.2, 0.25) is 0 Å². The molecule has 0 saturated heterocycles. The summed E-state index contributed by atoms with van der Waals surface area (Å²) < 4.78 is 0. The average molecular weight is 549 g/mol. The second-order valence-corrected chi connectivity index (χ2v) is 10.2. The summed E-state index contributed by atoms with van der Waals surface area (Å²) in [4.78, 5) is 48.4. The third-order valence-corrected chi connectivity index (χ3v) is 7.29. The van der Waals surface area contributed by atoms with Gasteiger partial charge in [-0.3, -0.25) is 19.2 Å². The monoisotopic (exact) mass is 548 g/mol. The van der Waals surface area contributed by atoms with E-state index in [9.17, 15) is 19.2 Å². The van der Waals surface area contributed by atoms with Gasteiger partial charge in [0, 0.05) is 48.4 Å². The Kier molecular flexibility index (Phi) is 11.7. The lowest BCUT2D eigenvalue weighted by atomic mass is 9.97. The molecule has 0 radical (unpaired) electrons. The largest absolute Gasteiger partial charge is 0.352 e. The standard InChI is InChI=1S/C17H24N2O2.C15H20N2O2/c1-3-10-18-16(20)14-8-9-15(17(21)19-11-4-2)13-7-5-6-12(13)14;1-3-16-14(18)12-8-9-13(15(19)17-4-2)11-7-5-6-10(11)12/h8-9H,3-7,10-11H2,1-2H3,(H,18,20)(H,19,21);8-9H,3-7H2,1-2H3,(H,16,18)(H,17,19). The zero-order valence-electron chi connectivity index (χ0n) is 24.4. The second kappa shape index (κ2) is 15.2. The molecule has 0 atom stereocenters. The van der Waals surface area contributed by atoms with Gasteiger partial charge in [0.25, 0.3) is 23.6 Å². The highest BCUT2D eigenvalue weighted by molar-refractivity contribution is 6.01. The van der Waals surface area contributed by atoms with Crippen molar-refractivity contribution in [3.8, 4) is 0 Å². The molecule has 2 aromatic carbocycles. The average Bonchev–Trinajstić information content (AvgIpc) is 3.65. The minimum atomic E-state index is -0.0388. The van der Waals surface area contributed by atoms with E-state index in [1.165, 1.54) is 0 Å². The molecule has 2 aliphatic rings. The third-order valence-electron chi connectivity index (χ3n) is 7.29. The summed E-state index contributed by atoms with van der Waals surface area (Å²) in [5.41, 5.74) is 7.15. The molecule has 2 aromatic rings. The number of nitrogens with one attached hydrogen (secondary N) is 4. The molecule has 2 aliphatic carbocycles. The summed E-state index contributed by atoms with van der Waals surface area (Å²) in [7, 11) is 0. The fourth-order valence-corrected chi connectivity index (χ4v) is 5.44. The van der Waals surface area contributed by atoms with Crippen molar-refractivity contribution in [3.05, 3.63) is 68.8 Å². The minimum Gasteiger partial charge on any atom is -0.352 e. The number of carbonyl (C=O) groups excluding carboxylic acids is 4. The van der Waals surface area contributed by atoms with Crippen molar-refractivity contribution >= 4 is 23.6 Å². The smallest absolute Gasteiger partial charge is 0.251 e. The van der Waals surface area contributed by atoms with E-state index >= 15 is 0 Å². The minimum absolute atomic E-state index is 0.0180. The first-order valence-electron chi connectivity index (χ1n) is 14.8. The molecule has 0 aliphatic heterocycles. The first kappa shape index (κ1) is 30.9. The maximum atomic E-state index is 12.2. The highest BCUT2D eigenvalue weighted by atomic mass is 16.2. The Labute approximate surface area is 238 Å². The van der Waals surface area contributed by atoms with Gasteiger partial charge in [-0.2, -0.15) is 0 Å². The van der Waals surface area contributed by atoms with Crippen molar-refractivity contribution in [2.75, 3.05) is 26.2 Å². The summed E-state index contributed by atoms with van der Waals surface area (Å²) >= 11 is 0. The van der Waals surface area contributed by atoms with Crippen LogP contribution in [0.15, 0.2) is 24.3 Å². The van der Waals surface area contributed by atoms with Gasteiger partial charge in [-0.15, -0.1) is 0 Å². The molecule has 8 nitrogen and oxygen atoms in total. The second-order valence-electron chi connectivity index (χ2n) is 10.2. The van der Waals surface area contributed by atoms with Gasteiger partial charge in [-0.25, -0.2) is 0 Å². The molecule has 4 amide bonds. The Morgan fingerprint density at radius 2 is 0.775 bits per heavy atom. The number of hydrogen-bond acceptors (Lipinski definition) is 4. The first-order chi connectivity index (χ1) is 19.4. The molecular weight excluding hydrogens is 504 g/mol. The summed E-state index contributed by atoms with van der Waals surface area (Å²) in [6.07, 6.45) is 7.42. The van der Waals surface area contributed by atoms with Crippen LogP contribution in [0.4, 0.5) is 0 Å². The molecule has 0 spiro atoms. The first-order valence-corrected chi connectivity index (χ1v) is 14.8. The van der Waals surface area contributed by atoms with E-state index in [0.29, 0.717) is 26.2 Å². The summed E-state index contributed by atoms with van der Waals surface area (Å²) in [5, 5.41) is 11.5. The van der Waals surface area contributed by atoms with Crippen molar-refractivity contribution in [2.24, 2.45) is 0 Å². The predicted molar refractivity (Wildman–Crippen MR) is 158 cm³/mol. The Morgan fingerprint density at radius 1 is 0.500 bits per heavy atom. The van der Waals surface area contributed by atoms with E-state index in [2.05, 4.69) is 21.3 Å². The van der Waals surface area contributed by atoms with Gasteiger partial charge in [0.15, 0.2) is 0 Å². The van der Waals surface area contributed by atoms with Gasteiger partial charge in [-0.05, 0) is 112 Å². The van der Waals surface area contributed by atoms with Crippen LogP contribution in [0.5, 0.6) is 0 Å². The summed E-state index contributed by atoms with van der Waals surface area (Å²) in [5.74, 6) is -0.114. The third kappa shape index (κ3) is 7.29. The molecule has 40 heavy (non-hydrogen) atoms. The van der Waals surface area contributed by atoms with Crippen LogP contribution in [0.2, 0.25) is 0 Å². The van der Waals surface area contributed by atoms with Crippen LogP contribution in [-0.2, 0) is 25.7 Å². The van der Waals surface area contributed by atoms with Gasteiger partial charge in [0.05, 0.1) is 0 Å². The highest BCUT2D eigenvalue weighted by Crippen LogP contribution is 2.30. The summed E-state index contributed by atoms with van der Waals surface area (Å²) in [6.45, 7) is 10.5. The lowest BCUT2D eigenvalue weighted by molar-refractivity contribution is 0.0940. The number of carbonyl (C=O) groups is 4. The fourth-order valence-electron chi connectivity index (χ4n) is 5.44. The Hall–Kier alpha value is -3.68. The van der Waals surface area contributed by atoms with E-state index < -0.39 is 0 Å². The molecule has 0 bridgehead atoms. The normalized spacial score (nSPS) is 12.9. The Morgan fingerprint density at radius 3 is 1.02 bits per heavy atom. The SMILES string of the molecule is CCCNC(=O)c1ccc(C(=O)NCCC)c2c1CCC2.CCNC(=O)c1ccc(C(=O)NCC)c2c1CCC2. The molecule has 4 rings (SSSR count). The van der Waals surface area contributed by atoms with E-state index in [0.717, 1.165) is 95.9 Å². The van der Waals surface area contributed by atoms with Crippen LogP contribution >= 0.6 is 0 Å². The highest BCUT2D eigenvalue weighted by Gasteiger charge is 2.25. The molecular formula is C32H44N4O4. The van der Waals surface area contributed by atoms with Crippen LogP contribution in [-0.4, -0.2) is 49.8 Å². The molecule has 216 valence electrons. The van der Waals surface area contributed by atoms with Crippen molar-refractivity contribution in [3.63, 3.8) is 0 Å². The quantitative estimate of drug-likeness (QED) is 0.357. The molecule has 0 fully saturated rings. The van der Waals surface area contributed by atoms with E-state index in [4.69, 9.17) is 0 Å². The fraction of sp³-hybridized carbons (Fsp3) is 0.500. The van der Waals surface area contributed by atoms with Crippen molar-refractivity contribution in [2.45, 2.75) is 79.1 Å². The zero-order valence-corrected chi connectivity index (χ0v) is 24.4. The number of rotatable bonds is 10. The van der Waals surface area contributed by atoms with Crippen LogP contribution in [0.1, 0.15) is 117 Å². The number of benzene rings is 2. The van der Waals surface area contributed by atoms with E-state index in [1.807, 2.05) is 27.7 Å². The molecule has 0 unspecified atom stereocenters. The van der Waals surface area contributed by atoms with Gasteiger partial charge < -0.3 is 21.3 Å². The van der Waals surface area contributed by atoms with Gasteiger partial charge in [-0.1, -0.05) is 13.8 Å². The van der Waals surface area contributed by atoms with Gasteiger partial charge >= 0.3 is 0 Å². The number of amides is 4. The Bertz CT molecular complexity index is 1150. The van der Waals surface area contributed by atoms with Crippen molar-refractivity contribution in [1.29, 1.82) is 0 Å². The maximum Gasteiger partial charge on any atom is 0.251 e. The van der Waals surface area contributed by atoms with E-state index in [-0.39, 0.29) is 23.6 Å². The zero-order chi connectivity index (χ0) is 29.1. The van der Waals surface area contributed by atoms with Gasteiger partial charge in [0.1, 0.15) is 0 Å². The van der Waals surface area contributed by atoms with Crippen LogP contribution < -0.4 is 21.3 Å². The van der Waals surface area contributed by atoms with E-state index in [1.54, 1.807) is 24.3 Å². The molecule has 0 heterocycles. The predicted octanol–water partition coefficient (Wildman–Crippen LogP) is 4.13. The number of fused-ring (bicyclic) bond motifs is 2. The molecule has 0 saturated carbocycles. The lowest BCUT2D eigenvalue weighted by Crippen LogP contribution is -2.27. The van der Waals surface area contributed by atoms with Crippen molar-refractivity contribution in [1.82, 2.24) is 21.3 Å². The van der Waals surface area contributed by atoms with Crippen LogP contribution in [0.25, 0.3) is 0 Å². The Balaban J connectivity index is 0.000000222. The maximum absolute atomic E-state index is 12.2. The van der Waals surface area contributed by atoms with Crippen molar-refractivity contribution < 1.29 is 19.2 Å². The molecule has 0 aromatic heterocycles. The lowest BCUT2D eigenvalue weighted by Gasteiger charge is -2.13. The topological polar surface area (TPSA) is 116 Å². The summed E-state index contributed by atoms with van der Waals surface area (Å²) in [6, 6.07) is 7.16. The number of hydrogen-bond donors (Lipinski definition) is 4. The molecule has 8 heteroatoms. The van der Waals surface area contributed by atoms with Crippen LogP contribution in [0, 0.1) is 0 Å². The van der Waals surface area contributed by atoms with Crippen LogP contribution in [0.3, 0.4) is 0 Å². The molecule has 4 N–H and O–H groups in total.